The van der Waals surface area contributed by atoms with Gasteiger partial charge in [0, 0.05) is 23.6 Å². The number of rotatable bonds is 2. The Hall–Kier alpha value is -2.06. The van der Waals surface area contributed by atoms with E-state index >= 15 is 0 Å². The summed E-state index contributed by atoms with van der Waals surface area (Å²) in [6.45, 7) is -0.264. The summed E-state index contributed by atoms with van der Waals surface area (Å²) in [6.07, 6.45) is 3.12. The average molecular weight is 321 g/mol. The molecule has 0 fully saturated rings. The second-order valence-electron chi connectivity index (χ2n) is 3.96. The fraction of sp³-hybridized carbons (Fsp3) is 0.0667. The van der Waals surface area contributed by atoms with Crippen LogP contribution in [0.3, 0.4) is 0 Å². The standard InChI is InChI=1S/C15H10Cl2N2O2/c16-12-8-10(2-1-7-20)9-13(17)14(12)15(21)19-11-3-5-18-6-4-11/h3-6,8-9,20H,7H2,(H,18,19,21). The van der Waals surface area contributed by atoms with Gasteiger partial charge in [-0.3, -0.25) is 9.78 Å². The van der Waals surface area contributed by atoms with Crippen LogP contribution in [0.15, 0.2) is 36.7 Å². The molecule has 0 atom stereocenters. The van der Waals surface area contributed by atoms with Gasteiger partial charge in [0.25, 0.3) is 5.91 Å². The molecule has 21 heavy (non-hydrogen) atoms. The predicted octanol–water partition coefficient (Wildman–Crippen LogP) is 2.98. The highest BCUT2D eigenvalue weighted by Gasteiger charge is 2.16. The van der Waals surface area contributed by atoms with Gasteiger partial charge in [0.05, 0.1) is 15.6 Å². The summed E-state index contributed by atoms with van der Waals surface area (Å²) in [5, 5.41) is 11.7. The first-order valence-corrected chi connectivity index (χ1v) is 6.67. The van der Waals surface area contributed by atoms with Crippen molar-refractivity contribution in [1.82, 2.24) is 4.98 Å². The number of aliphatic hydroxyl groups excluding tert-OH is 1. The fourth-order valence-corrected chi connectivity index (χ4v) is 2.29. The van der Waals surface area contributed by atoms with Crippen molar-refractivity contribution < 1.29 is 9.90 Å². The van der Waals surface area contributed by atoms with Crippen molar-refractivity contribution in [2.24, 2.45) is 0 Å². The van der Waals surface area contributed by atoms with Crippen molar-refractivity contribution in [1.29, 1.82) is 0 Å². The number of carbonyl (C=O) groups is 1. The van der Waals surface area contributed by atoms with E-state index in [1.54, 1.807) is 24.5 Å². The molecule has 0 saturated heterocycles. The van der Waals surface area contributed by atoms with E-state index in [0.717, 1.165) is 0 Å². The van der Waals surface area contributed by atoms with Gasteiger partial charge in [-0.25, -0.2) is 0 Å². The minimum absolute atomic E-state index is 0.171. The Morgan fingerprint density at radius 2 is 1.86 bits per heavy atom. The number of aromatic nitrogens is 1. The van der Waals surface area contributed by atoms with Crippen LogP contribution in [0.25, 0.3) is 0 Å². The van der Waals surface area contributed by atoms with Gasteiger partial charge in [-0.05, 0) is 24.3 Å². The second kappa shape index (κ2) is 7.09. The number of hydrogen-bond donors (Lipinski definition) is 2. The van der Waals surface area contributed by atoms with E-state index in [4.69, 9.17) is 28.3 Å². The second-order valence-corrected chi connectivity index (χ2v) is 4.78. The van der Waals surface area contributed by atoms with Gasteiger partial charge in [-0.1, -0.05) is 35.0 Å². The van der Waals surface area contributed by atoms with Gasteiger partial charge < -0.3 is 10.4 Å². The van der Waals surface area contributed by atoms with E-state index in [1.165, 1.54) is 12.1 Å². The van der Waals surface area contributed by atoms with Crippen LogP contribution in [-0.4, -0.2) is 22.6 Å². The van der Waals surface area contributed by atoms with Gasteiger partial charge in [-0.15, -0.1) is 0 Å². The molecule has 1 aromatic heterocycles. The van der Waals surface area contributed by atoms with E-state index in [9.17, 15) is 4.79 Å². The lowest BCUT2D eigenvalue weighted by molar-refractivity contribution is 0.102. The molecule has 0 radical (unpaired) electrons. The van der Waals surface area contributed by atoms with Crippen molar-refractivity contribution in [3.8, 4) is 11.8 Å². The summed E-state index contributed by atoms with van der Waals surface area (Å²) in [7, 11) is 0. The predicted molar refractivity (Wildman–Crippen MR) is 82.6 cm³/mol. The molecule has 4 nitrogen and oxygen atoms in total. The molecular weight excluding hydrogens is 311 g/mol. The molecule has 0 bridgehead atoms. The van der Waals surface area contributed by atoms with E-state index < -0.39 is 5.91 Å². The molecule has 0 saturated carbocycles. The molecule has 1 heterocycles. The molecule has 0 aliphatic rings. The van der Waals surface area contributed by atoms with Gasteiger partial charge in [-0.2, -0.15) is 0 Å². The lowest BCUT2D eigenvalue weighted by atomic mass is 10.1. The largest absolute Gasteiger partial charge is 0.384 e. The lowest BCUT2D eigenvalue weighted by Crippen LogP contribution is -2.13. The Labute approximate surface area is 131 Å². The van der Waals surface area contributed by atoms with Crippen molar-refractivity contribution in [3.63, 3.8) is 0 Å². The first-order valence-electron chi connectivity index (χ1n) is 5.92. The van der Waals surface area contributed by atoms with E-state index in [1.807, 2.05) is 0 Å². The molecular formula is C15H10Cl2N2O2. The van der Waals surface area contributed by atoms with Crippen LogP contribution in [0.5, 0.6) is 0 Å². The van der Waals surface area contributed by atoms with Gasteiger partial charge in [0.15, 0.2) is 0 Å². The Kier molecular flexibility index (Phi) is 5.18. The number of anilines is 1. The van der Waals surface area contributed by atoms with Crippen LogP contribution in [0, 0.1) is 11.8 Å². The Morgan fingerprint density at radius 3 is 2.43 bits per heavy atom. The maximum absolute atomic E-state index is 12.2. The van der Waals surface area contributed by atoms with Crippen LogP contribution in [0.2, 0.25) is 10.0 Å². The zero-order valence-electron chi connectivity index (χ0n) is 10.7. The van der Waals surface area contributed by atoms with E-state index in [-0.39, 0.29) is 22.2 Å². The van der Waals surface area contributed by atoms with Gasteiger partial charge >= 0.3 is 0 Å². The molecule has 1 aromatic carbocycles. The summed E-state index contributed by atoms with van der Waals surface area (Å²) in [5.41, 5.74) is 1.29. The van der Waals surface area contributed by atoms with Crippen molar-refractivity contribution in [2.45, 2.75) is 0 Å². The Morgan fingerprint density at radius 1 is 1.24 bits per heavy atom. The van der Waals surface area contributed by atoms with Crippen LogP contribution in [0.4, 0.5) is 5.69 Å². The third-order valence-electron chi connectivity index (χ3n) is 2.52. The van der Waals surface area contributed by atoms with E-state index in [2.05, 4.69) is 22.1 Å². The van der Waals surface area contributed by atoms with Crippen molar-refractivity contribution >= 4 is 34.8 Å². The zero-order chi connectivity index (χ0) is 15.2. The monoisotopic (exact) mass is 320 g/mol. The van der Waals surface area contributed by atoms with Crippen molar-refractivity contribution in [2.75, 3.05) is 11.9 Å². The maximum atomic E-state index is 12.2. The topological polar surface area (TPSA) is 62.2 Å². The van der Waals surface area contributed by atoms with Crippen LogP contribution >= 0.6 is 23.2 Å². The minimum atomic E-state index is -0.419. The van der Waals surface area contributed by atoms with E-state index in [0.29, 0.717) is 11.3 Å². The third kappa shape index (κ3) is 3.96. The number of carbonyl (C=O) groups excluding carboxylic acids is 1. The number of hydrogen-bond acceptors (Lipinski definition) is 3. The number of halogens is 2. The number of aliphatic hydroxyl groups is 1. The average Bonchev–Trinajstić information content (AvgIpc) is 2.45. The fourth-order valence-electron chi connectivity index (χ4n) is 1.63. The quantitative estimate of drug-likeness (QED) is 0.836. The first kappa shape index (κ1) is 15.3. The van der Waals surface area contributed by atoms with Crippen LogP contribution in [0.1, 0.15) is 15.9 Å². The maximum Gasteiger partial charge on any atom is 0.258 e. The molecule has 2 aromatic rings. The molecule has 0 unspecified atom stereocenters. The molecule has 106 valence electrons. The smallest absolute Gasteiger partial charge is 0.258 e. The summed E-state index contributed by atoms with van der Waals surface area (Å²) in [6, 6.07) is 6.36. The molecule has 0 aliphatic heterocycles. The van der Waals surface area contributed by atoms with Crippen LogP contribution < -0.4 is 5.32 Å². The molecule has 0 spiro atoms. The normalized spacial score (nSPS) is 9.67. The van der Waals surface area contributed by atoms with Crippen molar-refractivity contribution in [3.05, 3.63) is 57.8 Å². The molecule has 1 amide bonds. The number of amides is 1. The molecule has 6 heteroatoms. The number of benzene rings is 1. The van der Waals surface area contributed by atoms with Gasteiger partial charge in [0.1, 0.15) is 6.61 Å². The minimum Gasteiger partial charge on any atom is -0.384 e. The molecule has 2 N–H and O–H groups in total. The summed E-state index contributed by atoms with van der Waals surface area (Å²) in [5.74, 6) is 4.75. The summed E-state index contributed by atoms with van der Waals surface area (Å²) < 4.78 is 0. The summed E-state index contributed by atoms with van der Waals surface area (Å²) >= 11 is 12.2. The number of nitrogens with zero attached hydrogens (tertiary/aromatic N) is 1. The SMILES string of the molecule is O=C(Nc1ccncc1)c1c(Cl)cc(C#CCO)cc1Cl. The Balaban J connectivity index is 2.29. The third-order valence-corrected chi connectivity index (χ3v) is 3.12. The number of nitrogens with one attached hydrogen (secondary N) is 1. The lowest BCUT2D eigenvalue weighted by Gasteiger charge is -2.09. The zero-order valence-corrected chi connectivity index (χ0v) is 12.2. The van der Waals surface area contributed by atoms with Gasteiger partial charge in [0.2, 0.25) is 0 Å². The highest BCUT2D eigenvalue weighted by atomic mass is 35.5. The molecule has 0 aliphatic carbocycles. The Bertz CT molecular complexity index is 698. The molecule has 2 rings (SSSR count). The van der Waals surface area contributed by atoms with Crippen LogP contribution in [-0.2, 0) is 0 Å². The first-order chi connectivity index (χ1) is 10.1. The highest BCUT2D eigenvalue weighted by molar-refractivity contribution is 6.40. The summed E-state index contributed by atoms with van der Waals surface area (Å²) in [4.78, 5) is 16.1. The highest BCUT2D eigenvalue weighted by Crippen LogP contribution is 2.27. The number of pyridine rings is 1.